The van der Waals surface area contributed by atoms with E-state index in [1.807, 2.05) is 0 Å². The highest BCUT2D eigenvalue weighted by Crippen LogP contribution is 2.20. The molecule has 100 valence electrons. The van der Waals surface area contributed by atoms with Gasteiger partial charge < -0.3 is 15.8 Å². The van der Waals surface area contributed by atoms with E-state index >= 15 is 0 Å². The summed E-state index contributed by atoms with van der Waals surface area (Å²) in [5, 5.41) is 3.24. The normalized spacial score (nSPS) is 11.3. The summed E-state index contributed by atoms with van der Waals surface area (Å²) >= 11 is 0. The first kappa shape index (κ1) is 14.4. The largest absolute Gasteiger partial charge is 0.385 e. The first-order valence-electron chi connectivity index (χ1n) is 5.93. The minimum atomic E-state index is -0.463. The summed E-state index contributed by atoms with van der Waals surface area (Å²) in [6.45, 7) is 5.86. The first-order valence-corrected chi connectivity index (χ1v) is 5.93. The van der Waals surface area contributed by atoms with Gasteiger partial charge >= 0.3 is 0 Å². The number of aromatic nitrogens is 1. The van der Waals surface area contributed by atoms with Crippen LogP contribution in [0.25, 0.3) is 0 Å². The summed E-state index contributed by atoms with van der Waals surface area (Å²) < 4.78 is 5.08. The van der Waals surface area contributed by atoms with Gasteiger partial charge in [-0.25, -0.2) is 4.98 Å². The van der Waals surface area contributed by atoms with Crippen molar-refractivity contribution in [3.05, 3.63) is 23.9 Å². The molecule has 1 heterocycles. The lowest BCUT2D eigenvalue weighted by atomic mass is 9.90. The van der Waals surface area contributed by atoms with Crippen molar-refractivity contribution in [1.82, 2.24) is 4.98 Å². The second-order valence-corrected chi connectivity index (χ2v) is 5.06. The Bertz CT molecular complexity index is 388. The van der Waals surface area contributed by atoms with E-state index in [1.165, 1.54) is 6.20 Å². The molecule has 0 bridgehead atoms. The van der Waals surface area contributed by atoms with Gasteiger partial charge in [-0.1, -0.05) is 13.8 Å². The molecule has 3 N–H and O–H groups in total. The van der Waals surface area contributed by atoms with Crippen molar-refractivity contribution in [2.24, 2.45) is 11.1 Å². The number of nitrogens with two attached hydrogens (primary N) is 1. The topological polar surface area (TPSA) is 77.2 Å². The summed E-state index contributed by atoms with van der Waals surface area (Å²) in [6, 6.07) is 3.42. The Morgan fingerprint density at radius 3 is 2.72 bits per heavy atom. The molecule has 1 aromatic heterocycles. The van der Waals surface area contributed by atoms with Crippen LogP contribution in [0.3, 0.4) is 0 Å². The molecular weight excluding hydrogens is 230 g/mol. The lowest BCUT2D eigenvalue weighted by Crippen LogP contribution is -2.25. The molecule has 1 aromatic rings. The fourth-order valence-corrected chi connectivity index (χ4v) is 1.44. The van der Waals surface area contributed by atoms with E-state index in [9.17, 15) is 4.79 Å². The Balaban J connectivity index is 2.50. The highest BCUT2D eigenvalue weighted by Gasteiger charge is 2.17. The van der Waals surface area contributed by atoms with E-state index < -0.39 is 5.91 Å². The molecule has 0 aromatic carbocycles. The summed E-state index contributed by atoms with van der Waals surface area (Å²) in [7, 11) is 1.70. The van der Waals surface area contributed by atoms with Crippen LogP contribution in [0, 0.1) is 5.41 Å². The Labute approximate surface area is 108 Å². The Morgan fingerprint density at radius 1 is 1.50 bits per heavy atom. The lowest BCUT2D eigenvalue weighted by Gasteiger charge is -2.24. The Morgan fingerprint density at radius 2 is 2.22 bits per heavy atom. The van der Waals surface area contributed by atoms with Crippen LogP contribution in [0.4, 0.5) is 5.82 Å². The van der Waals surface area contributed by atoms with Crippen molar-refractivity contribution in [2.75, 3.05) is 25.6 Å². The van der Waals surface area contributed by atoms with E-state index in [0.717, 1.165) is 25.4 Å². The first-order chi connectivity index (χ1) is 8.44. The van der Waals surface area contributed by atoms with Gasteiger partial charge in [0.25, 0.3) is 0 Å². The van der Waals surface area contributed by atoms with Crippen LogP contribution in [-0.4, -0.2) is 31.2 Å². The maximum atomic E-state index is 10.9. The van der Waals surface area contributed by atoms with Crippen molar-refractivity contribution < 1.29 is 9.53 Å². The number of rotatable bonds is 7. The second-order valence-electron chi connectivity index (χ2n) is 5.06. The number of nitrogens with zero attached hydrogens (tertiary/aromatic N) is 1. The minimum Gasteiger partial charge on any atom is -0.385 e. The standard InChI is InChI=1S/C13H21N3O2/c1-13(2,6-7-18-3)9-16-11-5-4-10(8-15-11)12(14)17/h4-5,8H,6-7,9H2,1-3H3,(H2,14,17)(H,15,16). The molecule has 5 heteroatoms. The quantitative estimate of drug-likeness (QED) is 0.772. The highest BCUT2D eigenvalue weighted by atomic mass is 16.5. The van der Waals surface area contributed by atoms with Crippen LogP contribution in [-0.2, 0) is 4.74 Å². The molecule has 18 heavy (non-hydrogen) atoms. The average Bonchev–Trinajstić information content (AvgIpc) is 2.35. The number of amides is 1. The average molecular weight is 251 g/mol. The summed E-state index contributed by atoms with van der Waals surface area (Å²) in [5.74, 6) is 0.278. The predicted octanol–water partition coefficient (Wildman–Crippen LogP) is 1.66. The summed E-state index contributed by atoms with van der Waals surface area (Å²) in [5.41, 5.74) is 5.69. The number of methoxy groups -OCH3 is 1. The molecule has 0 radical (unpaired) electrons. The van der Waals surface area contributed by atoms with Gasteiger partial charge in [0.2, 0.25) is 5.91 Å². The monoisotopic (exact) mass is 251 g/mol. The zero-order valence-electron chi connectivity index (χ0n) is 11.2. The maximum absolute atomic E-state index is 10.9. The molecule has 0 spiro atoms. The Kier molecular flexibility index (Phi) is 5.09. The molecule has 0 aliphatic heterocycles. The van der Waals surface area contributed by atoms with E-state index in [2.05, 4.69) is 24.1 Å². The molecule has 0 saturated heterocycles. The van der Waals surface area contributed by atoms with Gasteiger partial charge in [-0.05, 0) is 24.0 Å². The molecule has 1 rings (SSSR count). The van der Waals surface area contributed by atoms with Crippen molar-refractivity contribution in [3.63, 3.8) is 0 Å². The van der Waals surface area contributed by atoms with E-state index in [4.69, 9.17) is 10.5 Å². The third kappa shape index (κ3) is 4.71. The number of anilines is 1. The number of carbonyl (C=O) groups is 1. The number of hydrogen-bond acceptors (Lipinski definition) is 4. The maximum Gasteiger partial charge on any atom is 0.250 e. The number of pyridine rings is 1. The van der Waals surface area contributed by atoms with Crippen molar-refractivity contribution >= 4 is 11.7 Å². The smallest absolute Gasteiger partial charge is 0.250 e. The van der Waals surface area contributed by atoms with Gasteiger partial charge in [0.15, 0.2) is 0 Å². The third-order valence-electron chi connectivity index (χ3n) is 2.78. The fraction of sp³-hybridized carbons (Fsp3) is 0.538. The van der Waals surface area contributed by atoms with Gasteiger partial charge in [-0.3, -0.25) is 4.79 Å². The third-order valence-corrected chi connectivity index (χ3v) is 2.78. The molecule has 0 aliphatic carbocycles. The number of primary amides is 1. The highest BCUT2D eigenvalue weighted by molar-refractivity contribution is 5.92. The van der Waals surface area contributed by atoms with Gasteiger partial charge in [0.1, 0.15) is 5.82 Å². The molecule has 1 amide bonds. The molecule has 5 nitrogen and oxygen atoms in total. The van der Waals surface area contributed by atoms with E-state index in [1.54, 1.807) is 19.2 Å². The zero-order chi connectivity index (χ0) is 13.6. The fourth-order valence-electron chi connectivity index (χ4n) is 1.44. The molecule has 0 saturated carbocycles. The second kappa shape index (κ2) is 6.35. The summed E-state index contributed by atoms with van der Waals surface area (Å²) in [4.78, 5) is 15.0. The van der Waals surface area contributed by atoms with Gasteiger partial charge in [-0.15, -0.1) is 0 Å². The van der Waals surface area contributed by atoms with Crippen molar-refractivity contribution in [2.45, 2.75) is 20.3 Å². The van der Waals surface area contributed by atoms with Crippen LogP contribution in [0.15, 0.2) is 18.3 Å². The number of ether oxygens (including phenoxy) is 1. The predicted molar refractivity (Wildman–Crippen MR) is 71.5 cm³/mol. The molecular formula is C13H21N3O2. The molecule has 0 fully saturated rings. The van der Waals surface area contributed by atoms with Crippen molar-refractivity contribution in [3.8, 4) is 0 Å². The van der Waals surface area contributed by atoms with E-state index in [-0.39, 0.29) is 5.41 Å². The molecule has 0 unspecified atom stereocenters. The summed E-state index contributed by atoms with van der Waals surface area (Å²) in [6.07, 6.45) is 2.45. The number of hydrogen-bond donors (Lipinski definition) is 2. The van der Waals surface area contributed by atoms with Gasteiger partial charge in [-0.2, -0.15) is 0 Å². The van der Waals surface area contributed by atoms with E-state index in [0.29, 0.717) is 5.56 Å². The zero-order valence-corrected chi connectivity index (χ0v) is 11.2. The number of carbonyl (C=O) groups excluding carboxylic acids is 1. The van der Waals surface area contributed by atoms with Crippen LogP contribution >= 0.6 is 0 Å². The van der Waals surface area contributed by atoms with Gasteiger partial charge in [0, 0.05) is 26.5 Å². The van der Waals surface area contributed by atoms with Crippen LogP contribution in [0.5, 0.6) is 0 Å². The Hall–Kier alpha value is -1.62. The minimum absolute atomic E-state index is 0.125. The van der Waals surface area contributed by atoms with Gasteiger partial charge in [0.05, 0.1) is 5.56 Å². The molecule has 0 aliphatic rings. The van der Waals surface area contributed by atoms with Crippen LogP contribution in [0.2, 0.25) is 0 Å². The van der Waals surface area contributed by atoms with Crippen molar-refractivity contribution in [1.29, 1.82) is 0 Å². The lowest BCUT2D eigenvalue weighted by molar-refractivity contribution is 0.1000. The van der Waals surface area contributed by atoms with Crippen LogP contribution < -0.4 is 11.1 Å². The van der Waals surface area contributed by atoms with Crippen LogP contribution in [0.1, 0.15) is 30.6 Å². The SMILES string of the molecule is COCCC(C)(C)CNc1ccc(C(N)=O)cn1. The number of nitrogens with one attached hydrogen (secondary N) is 1. The molecule has 0 atom stereocenters.